The van der Waals surface area contributed by atoms with Crippen LogP contribution < -0.4 is 0 Å². The van der Waals surface area contributed by atoms with Gasteiger partial charge in [0.05, 0.1) is 44.8 Å². The van der Waals surface area contributed by atoms with E-state index in [1.54, 1.807) is 0 Å². The molecule has 0 radical (unpaired) electrons. The summed E-state index contributed by atoms with van der Waals surface area (Å²) in [7, 11) is 0. The maximum absolute atomic E-state index is 5.25. The van der Waals surface area contributed by atoms with E-state index in [0.717, 1.165) is 44.8 Å². The van der Waals surface area contributed by atoms with Gasteiger partial charge in [0.25, 0.3) is 0 Å². The Kier molecular flexibility index (Phi) is 6.82. The number of aromatic nitrogens is 4. The van der Waals surface area contributed by atoms with E-state index >= 15 is 0 Å². The van der Waals surface area contributed by atoms with Gasteiger partial charge in [-0.05, 0) is 47.9 Å². The van der Waals surface area contributed by atoms with E-state index in [9.17, 15) is 0 Å². The van der Waals surface area contributed by atoms with Crippen molar-refractivity contribution in [2.75, 3.05) is 0 Å². The Balaban J connectivity index is 1.21. The van der Waals surface area contributed by atoms with Crippen molar-refractivity contribution in [1.82, 2.24) is 19.1 Å². The monoisotopic (exact) mass is 688 g/mol. The van der Waals surface area contributed by atoms with Crippen molar-refractivity contribution in [2.45, 2.75) is 0 Å². The fourth-order valence-corrected chi connectivity index (χ4v) is 8.38. The predicted molar refractivity (Wildman–Crippen MR) is 225 cm³/mol. The molecule has 0 N–H and O–H groups in total. The summed E-state index contributed by atoms with van der Waals surface area (Å²) in [5, 5.41) is 7.40. The molecule has 252 valence electrons. The number of para-hydroxylation sites is 3. The van der Waals surface area contributed by atoms with E-state index in [2.05, 4.69) is 179 Å². The highest BCUT2D eigenvalue weighted by Crippen LogP contribution is 2.44. The second-order valence-corrected chi connectivity index (χ2v) is 13.8. The van der Waals surface area contributed by atoms with E-state index in [1.165, 1.54) is 49.0 Å². The van der Waals surface area contributed by atoms with Crippen LogP contribution in [0.3, 0.4) is 0 Å². The van der Waals surface area contributed by atoms with Crippen molar-refractivity contribution in [3.63, 3.8) is 0 Å². The topological polar surface area (TPSA) is 35.6 Å². The zero-order valence-electron chi connectivity index (χ0n) is 29.3. The Hall–Kier alpha value is -7.30. The van der Waals surface area contributed by atoms with Gasteiger partial charge in [-0.3, -0.25) is 0 Å². The lowest BCUT2D eigenvalue weighted by molar-refractivity contribution is 1.15. The summed E-state index contributed by atoms with van der Waals surface area (Å²) < 4.78 is 4.87. The second-order valence-electron chi connectivity index (χ2n) is 13.8. The second kappa shape index (κ2) is 12.1. The van der Waals surface area contributed by atoms with Gasteiger partial charge in [0, 0.05) is 43.6 Å². The first-order valence-electron chi connectivity index (χ1n) is 18.3. The fourth-order valence-electron chi connectivity index (χ4n) is 8.38. The molecule has 3 aromatic heterocycles. The van der Waals surface area contributed by atoms with Gasteiger partial charge < -0.3 is 9.13 Å². The lowest BCUT2D eigenvalue weighted by Gasteiger charge is -2.15. The summed E-state index contributed by atoms with van der Waals surface area (Å²) in [4.78, 5) is 10.3. The van der Waals surface area contributed by atoms with Crippen LogP contribution in [-0.4, -0.2) is 19.1 Å². The molecule has 0 fully saturated rings. The Bertz CT molecular complexity index is 3150. The molecule has 8 aromatic carbocycles. The van der Waals surface area contributed by atoms with Gasteiger partial charge in [0.1, 0.15) is 0 Å². The van der Waals surface area contributed by atoms with Crippen molar-refractivity contribution >= 4 is 54.4 Å². The SMILES string of the molecule is c1ccc(-c2cc(-c3ccccc3-n3c4ccccc4c4c5c6ccccc6n(-c6cccc7ccccc67)c5ccc43)nc(-c3ccccc3)n2)cc1. The Morgan fingerprint density at radius 1 is 0.333 bits per heavy atom. The quantitative estimate of drug-likeness (QED) is 0.180. The summed E-state index contributed by atoms with van der Waals surface area (Å²) in [5.41, 5.74) is 11.8. The van der Waals surface area contributed by atoms with Crippen LogP contribution in [0, 0.1) is 0 Å². The van der Waals surface area contributed by atoms with Gasteiger partial charge in [0.2, 0.25) is 0 Å². The minimum atomic E-state index is 0.701. The van der Waals surface area contributed by atoms with Gasteiger partial charge >= 0.3 is 0 Å². The highest BCUT2D eigenvalue weighted by Gasteiger charge is 2.23. The molecular formula is C50H32N4. The van der Waals surface area contributed by atoms with Crippen molar-refractivity contribution in [2.24, 2.45) is 0 Å². The minimum absolute atomic E-state index is 0.701. The van der Waals surface area contributed by atoms with Crippen molar-refractivity contribution in [1.29, 1.82) is 0 Å². The molecule has 0 amide bonds. The molecule has 0 aliphatic rings. The molecule has 0 aliphatic heterocycles. The molecule has 0 atom stereocenters. The molecule has 0 aliphatic carbocycles. The molecule has 54 heavy (non-hydrogen) atoms. The first-order chi connectivity index (χ1) is 26.8. The zero-order chi connectivity index (χ0) is 35.6. The van der Waals surface area contributed by atoms with Crippen LogP contribution in [0.15, 0.2) is 194 Å². The summed E-state index contributed by atoms with van der Waals surface area (Å²) in [6, 6.07) is 68.9. The lowest BCUT2D eigenvalue weighted by atomic mass is 10.0. The third kappa shape index (κ3) is 4.64. The van der Waals surface area contributed by atoms with Crippen LogP contribution in [0.5, 0.6) is 0 Å². The van der Waals surface area contributed by atoms with Crippen LogP contribution in [-0.2, 0) is 0 Å². The lowest BCUT2D eigenvalue weighted by Crippen LogP contribution is -2.00. The highest BCUT2D eigenvalue weighted by molar-refractivity contribution is 6.29. The van der Waals surface area contributed by atoms with Crippen LogP contribution >= 0.6 is 0 Å². The van der Waals surface area contributed by atoms with E-state index in [1.807, 2.05) is 24.3 Å². The third-order valence-electron chi connectivity index (χ3n) is 10.7. The average molecular weight is 689 g/mol. The summed E-state index contributed by atoms with van der Waals surface area (Å²) >= 11 is 0. The molecule has 0 saturated heterocycles. The number of nitrogens with zero attached hydrogens (tertiary/aromatic N) is 4. The number of rotatable bonds is 5. The largest absolute Gasteiger partial charge is 0.309 e. The van der Waals surface area contributed by atoms with Crippen molar-refractivity contribution in [3.05, 3.63) is 194 Å². The molecular weight excluding hydrogens is 657 g/mol. The third-order valence-corrected chi connectivity index (χ3v) is 10.7. The van der Waals surface area contributed by atoms with Gasteiger partial charge in [-0.1, -0.05) is 152 Å². The van der Waals surface area contributed by atoms with Gasteiger partial charge in [-0.2, -0.15) is 0 Å². The van der Waals surface area contributed by atoms with E-state index < -0.39 is 0 Å². The Labute approximate surface area is 311 Å². The standard InChI is InChI=1S/C50H32N4/c1-3-17-34(18-4-1)40-32-41(52-50(51-40)35-19-5-2-6-20-35)37-23-9-12-26-43(37)54-45-28-14-11-25-39(45)49-47(54)31-30-46-48(49)38-24-10-13-27-44(38)53(46)42-29-15-21-33-16-7-8-22-36(33)42/h1-32H. The number of benzene rings is 8. The number of fused-ring (bicyclic) bond motifs is 8. The minimum Gasteiger partial charge on any atom is -0.309 e. The molecule has 11 rings (SSSR count). The highest BCUT2D eigenvalue weighted by atomic mass is 15.0. The van der Waals surface area contributed by atoms with E-state index in [4.69, 9.17) is 9.97 Å². The van der Waals surface area contributed by atoms with Crippen molar-refractivity contribution in [3.8, 4) is 45.3 Å². The molecule has 0 spiro atoms. The van der Waals surface area contributed by atoms with E-state index in [0.29, 0.717) is 5.82 Å². The molecule has 4 nitrogen and oxygen atoms in total. The van der Waals surface area contributed by atoms with Gasteiger partial charge in [-0.15, -0.1) is 0 Å². The molecule has 4 heteroatoms. The number of hydrogen-bond donors (Lipinski definition) is 0. The molecule has 0 unspecified atom stereocenters. The first-order valence-corrected chi connectivity index (χ1v) is 18.3. The Morgan fingerprint density at radius 3 is 1.54 bits per heavy atom. The predicted octanol–water partition coefficient (Wildman–Crippen LogP) is 12.8. The van der Waals surface area contributed by atoms with Crippen LogP contribution in [0.25, 0.3) is 99.7 Å². The molecule has 0 bridgehead atoms. The normalized spacial score (nSPS) is 11.7. The molecule has 0 saturated carbocycles. The summed E-state index contributed by atoms with van der Waals surface area (Å²) in [5.74, 6) is 0.701. The summed E-state index contributed by atoms with van der Waals surface area (Å²) in [6.07, 6.45) is 0. The van der Waals surface area contributed by atoms with Crippen LogP contribution in [0.1, 0.15) is 0 Å². The fraction of sp³-hybridized carbons (Fsp3) is 0. The zero-order valence-corrected chi connectivity index (χ0v) is 29.3. The first kappa shape index (κ1) is 30.3. The van der Waals surface area contributed by atoms with Crippen molar-refractivity contribution < 1.29 is 0 Å². The van der Waals surface area contributed by atoms with Gasteiger partial charge in [-0.25, -0.2) is 9.97 Å². The number of hydrogen-bond acceptors (Lipinski definition) is 2. The molecule has 3 heterocycles. The van der Waals surface area contributed by atoms with Crippen LogP contribution in [0.4, 0.5) is 0 Å². The Morgan fingerprint density at radius 2 is 0.833 bits per heavy atom. The van der Waals surface area contributed by atoms with Gasteiger partial charge in [0.15, 0.2) is 5.82 Å². The maximum atomic E-state index is 5.25. The average Bonchev–Trinajstić information content (AvgIpc) is 3.76. The van der Waals surface area contributed by atoms with Crippen LogP contribution in [0.2, 0.25) is 0 Å². The maximum Gasteiger partial charge on any atom is 0.160 e. The van der Waals surface area contributed by atoms with E-state index in [-0.39, 0.29) is 0 Å². The molecule has 11 aromatic rings. The smallest absolute Gasteiger partial charge is 0.160 e. The summed E-state index contributed by atoms with van der Waals surface area (Å²) in [6.45, 7) is 0.